The molecule has 14 N–H and O–H groups in total. The topological polar surface area (TPSA) is 284 Å². The number of hydrogen-bond acceptors (Lipinski definition) is 9. The number of unbranched alkanes of at least 4 members (excludes halogenated alkanes) is 1. The number of aliphatic carboxylic acids is 1. The van der Waals surface area contributed by atoms with Gasteiger partial charge in [0.2, 0.25) is 23.6 Å². The van der Waals surface area contributed by atoms with Crippen molar-refractivity contribution in [3.8, 4) is 0 Å². The summed E-state index contributed by atoms with van der Waals surface area (Å²) in [5, 5.41) is 16.5. The van der Waals surface area contributed by atoms with E-state index in [4.69, 9.17) is 28.7 Å². The average Bonchev–Trinajstić information content (AvgIpc) is 2.78. The molecule has 0 bridgehead atoms. The summed E-state index contributed by atoms with van der Waals surface area (Å²) < 4.78 is 0. The highest BCUT2D eigenvalue weighted by atomic mass is 32.1. The fourth-order valence-electron chi connectivity index (χ4n) is 2.84. The van der Waals surface area contributed by atoms with Crippen molar-refractivity contribution in [1.82, 2.24) is 16.0 Å². The van der Waals surface area contributed by atoms with Gasteiger partial charge in [-0.25, -0.2) is 4.79 Å². The van der Waals surface area contributed by atoms with Crippen LogP contribution in [0, 0.1) is 0 Å². The van der Waals surface area contributed by atoms with Crippen LogP contribution in [0.3, 0.4) is 0 Å². The monoisotopic (exact) mass is 519 g/mol. The molecule has 0 aliphatic carbocycles. The lowest BCUT2D eigenvalue weighted by Gasteiger charge is -2.24. The van der Waals surface area contributed by atoms with Crippen LogP contribution in [0.25, 0.3) is 0 Å². The van der Waals surface area contributed by atoms with Crippen molar-refractivity contribution in [1.29, 1.82) is 0 Å². The number of nitrogens with one attached hydrogen (secondary N) is 3. The van der Waals surface area contributed by atoms with Crippen LogP contribution in [0.4, 0.5) is 0 Å². The predicted molar refractivity (Wildman–Crippen MR) is 132 cm³/mol. The number of aliphatic imine (C=N–C) groups is 1. The van der Waals surface area contributed by atoms with E-state index in [1.807, 2.05) is 0 Å². The van der Waals surface area contributed by atoms with Gasteiger partial charge in [-0.2, -0.15) is 12.6 Å². The Bertz CT molecular complexity index is 763. The molecule has 0 heterocycles. The Labute approximate surface area is 208 Å². The van der Waals surface area contributed by atoms with Crippen molar-refractivity contribution in [2.45, 2.75) is 62.7 Å². The van der Waals surface area contributed by atoms with Gasteiger partial charge < -0.3 is 49.7 Å². The fourth-order valence-corrected chi connectivity index (χ4v) is 3.01. The number of thiol groups is 1. The highest BCUT2D eigenvalue weighted by Crippen LogP contribution is 2.06. The number of nitrogens with two attached hydrogens (primary N) is 5. The minimum Gasteiger partial charge on any atom is -0.480 e. The van der Waals surface area contributed by atoms with E-state index < -0.39 is 60.2 Å². The number of rotatable bonds is 18. The number of guanidine groups is 1. The molecule has 4 amide bonds. The first-order valence-corrected chi connectivity index (χ1v) is 11.6. The van der Waals surface area contributed by atoms with Gasteiger partial charge >= 0.3 is 5.97 Å². The van der Waals surface area contributed by atoms with Gasteiger partial charge in [-0.15, -0.1) is 0 Å². The normalized spacial score (nSPS) is 14.0. The summed E-state index contributed by atoms with van der Waals surface area (Å²) in [5.41, 5.74) is 26.8. The maximum atomic E-state index is 12.9. The van der Waals surface area contributed by atoms with Gasteiger partial charge in [0.25, 0.3) is 0 Å². The molecular weight excluding hydrogens is 482 g/mol. The van der Waals surface area contributed by atoms with Gasteiger partial charge in [-0.05, 0) is 38.6 Å². The predicted octanol–water partition coefficient (Wildman–Crippen LogP) is -4.16. The molecule has 0 aliphatic heterocycles. The zero-order valence-corrected chi connectivity index (χ0v) is 20.3. The van der Waals surface area contributed by atoms with E-state index in [-0.39, 0.29) is 37.5 Å². The molecule has 200 valence electrons. The average molecular weight is 520 g/mol. The molecule has 0 rings (SSSR count). The third-order valence-corrected chi connectivity index (χ3v) is 5.10. The van der Waals surface area contributed by atoms with Crippen molar-refractivity contribution in [3.05, 3.63) is 0 Å². The third kappa shape index (κ3) is 14.0. The first-order valence-electron chi connectivity index (χ1n) is 11.0. The number of nitrogens with zero attached hydrogens (tertiary/aromatic N) is 1. The SMILES string of the molecule is NCCCCC(NC(=O)C(CCCN=C(N)N)NC(=O)C(CC(N)=O)NC(=O)C(N)CS)C(=O)O. The third-order valence-electron chi connectivity index (χ3n) is 4.71. The van der Waals surface area contributed by atoms with Crippen molar-refractivity contribution >= 4 is 48.2 Å². The van der Waals surface area contributed by atoms with Crippen LogP contribution in [0.15, 0.2) is 4.99 Å². The summed E-state index contributed by atoms with van der Waals surface area (Å²) in [5.74, 6) is -4.73. The number of hydrogen-bond donors (Lipinski definition) is 10. The van der Waals surface area contributed by atoms with Crippen LogP contribution in [0.2, 0.25) is 0 Å². The summed E-state index contributed by atoms with van der Waals surface area (Å²) in [6, 6.07) is -4.90. The lowest BCUT2D eigenvalue weighted by molar-refractivity contribution is -0.142. The molecule has 0 aromatic rings. The lowest BCUT2D eigenvalue weighted by Crippen LogP contribution is -2.58. The lowest BCUT2D eigenvalue weighted by atomic mass is 10.1. The summed E-state index contributed by atoms with van der Waals surface area (Å²) >= 11 is 3.91. The van der Waals surface area contributed by atoms with Crippen molar-refractivity contribution in [2.24, 2.45) is 33.7 Å². The van der Waals surface area contributed by atoms with E-state index in [0.717, 1.165) is 0 Å². The molecule has 0 aromatic carbocycles. The summed E-state index contributed by atoms with van der Waals surface area (Å²) in [4.78, 5) is 64.6. The molecule has 16 heteroatoms. The van der Waals surface area contributed by atoms with Crippen LogP contribution in [0.5, 0.6) is 0 Å². The highest BCUT2D eigenvalue weighted by molar-refractivity contribution is 7.80. The Balaban J connectivity index is 5.57. The Morgan fingerprint density at radius 2 is 1.37 bits per heavy atom. The van der Waals surface area contributed by atoms with E-state index in [1.165, 1.54) is 0 Å². The smallest absolute Gasteiger partial charge is 0.326 e. The Morgan fingerprint density at radius 1 is 0.829 bits per heavy atom. The second-order valence-electron chi connectivity index (χ2n) is 7.71. The number of carbonyl (C=O) groups is 5. The van der Waals surface area contributed by atoms with E-state index in [2.05, 4.69) is 33.6 Å². The van der Waals surface area contributed by atoms with Crippen LogP contribution < -0.4 is 44.6 Å². The summed E-state index contributed by atoms with van der Waals surface area (Å²) in [6.07, 6.45) is 0.884. The number of carboxylic acids is 1. The van der Waals surface area contributed by atoms with Gasteiger partial charge in [0.1, 0.15) is 18.1 Å². The number of primary amides is 1. The molecule has 35 heavy (non-hydrogen) atoms. The molecule has 0 saturated carbocycles. The summed E-state index contributed by atoms with van der Waals surface area (Å²) in [6.45, 7) is 0.507. The van der Waals surface area contributed by atoms with E-state index in [1.54, 1.807) is 0 Å². The molecule has 0 spiro atoms. The van der Waals surface area contributed by atoms with Crippen LogP contribution >= 0.6 is 12.6 Å². The number of amides is 4. The first kappa shape index (κ1) is 31.9. The maximum Gasteiger partial charge on any atom is 0.326 e. The maximum absolute atomic E-state index is 12.9. The molecule has 4 unspecified atom stereocenters. The van der Waals surface area contributed by atoms with Gasteiger partial charge in [-0.1, -0.05) is 0 Å². The minimum absolute atomic E-state index is 0.0205. The fraction of sp³-hybridized carbons (Fsp3) is 0.684. The largest absolute Gasteiger partial charge is 0.480 e. The van der Waals surface area contributed by atoms with Gasteiger partial charge in [0, 0.05) is 12.3 Å². The number of carbonyl (C=O) groups excluding carboxylic acids is 4. The minimum atomic E-state index is -1.42. The van der Waals surface area contributed by atoms with Gasteiger partial charge in [0.05, 0.1) is 12.5 Å². The zero-order valence-electron chi connectivity index (χ0n) is 19.4. The molecule has 4 atom stereocenters. The zero-order chi connectivity index (χ0) is 27.0. The summed E-state index contributed by atoms with van der Waals surface area (Å²) in [7, 11) is 0. The van der Waals surface area contributed by atoms with E-state index >= 15 is 0 Å². The molecule has 15 nitrogen and oxygen atoms in total. The second-order valence-corrected chi connectivity index (χ2v) is 8.08. The number of carboxylic acid groups (broad SMARTS) is 1. The molecular formula is C19H37N9O6S. The van der Waals surface area contributed by atoms with Crippen molar-refractivity contribution in [2.75, 3.05) is 18.8 Å². The Kier molecular flexibility index (Phi) is 15.8. The quantitative estimate of drug-likeness (QED) is 0.0361. The molecule has 0 radical (unpaired) electrons. The van der Waals surface area contributed by atoms with Crippen LogP contribution in [-0.2, 0) is 24.0 Å². The second kappa shape index (κ2) is 17.3. The first-order chi connectivity index (χ1) is 16.4. The van der Waals surface area contributed by atoms with Gasteiger partial charge in [0.15, 0.2) is 5.96 Å². The van der Waals surface area contributed by atoms with Crippen LogP contribution in [0.1, 0.15) is 38.5 Å². The molecule has 0 aromatic heterocycles. The Hall–Kier alpha value is -3.11. The van der Waals surface area contributed by atoms with Gasteiger partial charge in [-0.3, -0.25) is 24.2 Å². The highest BCUT2D eigenvalue weighted by Gasteiger charge is 2.30. The molecule has 0 aliphatic rings. The standard InChI is InChI=1S/C19H37N9O6S/c20-6-2-1-4-12(18(33)34)27-16(31)11(5-3-7-25-19(23)24)26-17(32)13(8-14(22)29)28-15(30)10(21)9-35/h10-13,35H,1-9,20-21H2,(H2,22,29)(H,26,32)(H,27,31)(H,28,30)(H,33,34)(H4,23,24,25). The van der Waals surface area contributed by atoms with Crippen molar-refractivity contribution in [3.63, 3.8) is 0 Å². The van der Waals surface area contributed by atoms with E-state index in [0.29, 0.717) is 19.4 Å². The van der Waals surface area contributed by atoms with Crippen LogP contribution in [-0.4, -0.2) is 83.7 Å². The molecule has 0 fully saturated rings. The molecule has 0 saturated heterocycles. The van der Waals surface area contributed by atoms with E-state index in [9.17, 15) is 29.1 Å². The Morgan fingerprint density at radius 3 is 1.89 bits per heavy atom. The van der Waals surface area contributed by atoms with Crippen molar-refractivity contribution < 1.29 is 29.1 Å².